The fourth-order valence-electron chi connectivity index (χ4n) is 2.37. The maximum Gasteiger partial charge on any atom is 0.265 e. The molecule has 1 saturated carbocycles. The van der Waals surface area contributed by atoms with E-state index in [0.717, 1.165) is 25.7 Å². The van der Waals surface area contributed by atoms with Crippen molar-refractivity contribution in [1.29, 1.82) is 0 Å². The lowest BCUT2D eigenvalue weighted by molar-refractivity contribution is -0.181. The van der Waals surface area contributed by atoms with Crippen LogP contribution in [0.3, 0.4) is 0 Å². The van der Waals surface area contributed by atoms with Gasteiger partial charge in [-0.3, -0.25) is 4.55 Å². The summed E-state index contributed by atoms with van der Waals surface area (Å²) in [7, 11) is -3.84. The molecule has 1 aliphatic heterocycles. The van der Waals surface area contributed by atoms with Gasteiger partial charge < -0.3 is 9.47 Å². The van der Waals surface area contributed by atoms with Crippen LogP contribution >= 0.6 is 0 Å². The second-order valence-electron chi connectivity index (χ2n) is 4.30. The smallest absolute Gasteiger partial charge is 0.265 e. The van der Waals surface area contributed by atoms with E-state index < -0.39 is 15.9 Å². The van der Waals surface area contributed by atoms with Crippen LogP contribution in [0.15, 0.2) is 0 Å². The summed E-state index contributed by atoms with van der Waals surface area (Å²) in [5.74, 6) is -0.544. The standard InChI is InChI=1S/C9H16O5S/c10-15(11,12)7-8-1-3-9(4-2-8)13-5-6-14-9/h8H,1-7H2,(H,10,11,12). The molecule has 15 heavy (non-hydrogen) atoms. The van der Waals surface area contributed by atoms with Crippen LogP contribution in [0.2, 0.25) is 0 Å². The van der Waals surface area contributed by atoms with Gasteiger partial charge >= 0.3 is 0 Å². The molecule has 1 spiro atoms. The third-order valence-corrected chi connectivity index (χ3v) is 4.02. The molecule has 2 fully saturated rings. The van der Waals surface area contributed by atoms with E-state index in [4.69, 9.17) is 14.0 Å². The second kappa shape index (κ2) is 4.01. The van der Waals surface area contributed by atoms with Crippen LogP contribution in [0.25, 0.3) is 0 Å². The van der Waals surface area contributed by atoms with Crippen LogP contribution in [0.4, 0.5) is 0 Å². The largest absolute Gasteiger partial charge is 0.348 e. The molecule has 1 aliphatic carbocycles. The van der Waals surface area contributed by atoms with E-state index in [0.29, 0.717) is 13.2 Å². The van der Waals surface area contributed by atoms with Crippen molar-refractivity contribution < 1.29 is 22.4 Å². The van der Waals surface area contributed by atoms with E-state index >= 15 is 0 Å². The molecule has 2 rings (SSSR count). The lowest BCUT2D eigenvalue weighted by atomic mass is 9.86. The van der Waals surface area contributed by atoms with E-state index in [-0.39, 0.29) is 11.7 Å². The van der Waals surface area contributed by atoms with E-state index in [1.807, 2.05) is 0 Å². The molecule has 0 radical (unpaired) electrons. The second-order valence-corrected chi connectivity index (χ2v) is 5.80. The van der Waals surface area contributed by atoms with E-state index in [2.05, 4.69) is 0 Å². The SMILES string of the molecule is O=S(=O)(O)CC1CCC2(CC1)OCCO2. The van der Waals surface area contributed by atoms with Gasteiger partial charge in [-0.05, 0) is 18.8 Å². The highest BCUT2D eigenvalue weighted by Gasteiger charge is 2.40. The zero-order valence-corrected chi connectivity index (χ0v) is 9.33. The molecule has 0 aromatic carbocycles. The van der Waals surface area contributed by atoms with Crippen LogP contribution in [-0.2, 0) is 19.6 Å². The summed E-state index contributed by atoms with van der Waals surface area (Å²) in [6.45, 7) is 1.26. The third-order valence-electron chi connectivity index (χ3n) is 3.13. The quantitative estimate of drug-likeness (QED) is 0.718. The van der Waals surface area contributed by atoms with Crippen LogP contribution in [0, 0.1) is 5.92 Å². The summed E-state index contributed by atoms with van der Waals surface area (Å²) in [6, 6.07) is 0. The van der Waals surface area contributed by atoms with Gasteiger partial charge in [0.05, 0.1) is 19.0 Å². The summed E-state index contributed by atoms with van der Waals surface area (Å²) in [5.41, 5.74) is 0. The summed E-state index contributed by atoms with van der Waals surface area (Å²) in [5, 5.41) is 0. The molecular formula is C9H16O5S. The van der Waals surface area contributed by atoms with Gasteiger partial charge in [0.1, 0.15) is 0 Å². The van der Waals surface area contributed by atoms with Gasteiger partial charge in [-0.1, -0.05) is 0 Å². The van der Waals surface area contributed by atoms with Crippen LogP contribution in [-0.4, -0.2) is 37.7 Å². The molecule has 0 amide bonds. The molecule has 1 heterocycles. The Bertz CT molecular complexity index is 307. The summed E-state index contributed by atoms with van der Waals surface area (Å²) in [6.07, 6.45) is 2.93. The van der Waals surface area contributed by atoms with E-state index in [1.165, 1.54) is 0 Å². The molecule has 5 nitrogen and oxygen atoms in total. The summed E-state index contributed by atoms with van der Waals surface area (Å²) < 4.78 is 41.2. The van der Waals surface area contributed by atoms with Crippen molar-refractivity contribution in [2.24, 2.45) is 5.92 Å². The van der Waals surface area contributed by atoms with E-state index in [1.54, 1.807) is 0 Å². The highest BCUT2D eigenvalue weighted by molar-refractivity contribution is 7.85. The molecule has 0 unspecified atom stereocenters. The lowest BCUT2D eigenvalue weighted by Crippen LogP contribution is -2.36. The zero-order chi connectivity index (χ0) is 10.9. The maximum absolute atomic E-state index is 10.7. The van der Waals surface area contributed by atoms with Gasteiger partial charge in [0.25, 0.3) is 10.1 Å². The molecule has 0 aromatic heterocycles. The van der Waals surface area contributed by atoms with Gasteiger partial charge in [0, 0.05) is 12.8 Å². The summed E-state index contributed by atoms with van der Waals surface area (Å²) >= 11 is 0. The number of ether oxygens (including phenoxy) is 2. The lowest BCUT2D eigenvalue weighted by Gasteiger charge is -2.34. The predicted molar refractivity (Wildman–Crippen MR) is 53.0 cm³/mol. The maximum atomic E-state index is 10.7. The molecule has 0 atom stereocenters. The predicted octanol–water partition coefficient (Wildman–Crippen LogP) is 0.808. The Hall–Kier alpha value is -0.170. The highest BCUT2D eigenvalue weighted by Crippen LogP contribution is 2.38. The normalized spacial score (nSPS) is 27.3. The van der Waals surface area contributed by atoms with Crippen LogP contribution in [0.5, 0.6) is 0 Å². The molecule has 1 saturated heterocycles. The highest BCUT2D eigenvalue weighted by atomic mass is 32.2. The first-order valence-corrected chi connectivity index (χ1v) is 6.83. The molecule has 1 N–H and O–H groups in total. The average Bonchev–Trinajstić information content (AvgIpc) is 2.56. The molecule has 0 bridgehead atoms. The fraction of sp³-hybridized carbons (Fsp3) is 1.00. The van der Waals surface area contributed by atoms with Crippen LogP contribution in [0.1, 0.15) is 25.7 Å². The van der Waals surface area contributed by atoms with Crippen molar-refractivity contribution in [3.05, 3.63) is 0 Å². The minimum Gasteiger partial charge on any atom is -0.348 e. The van der Waals surface area contributed by atoms with Gasteiger partial charge in [0.15, 0.2) is 5.79 Å². The zero-order valence-electron chi connectivity index (χ0n) is 8.52. The minimum atomic E-state index is -3.84. The Kier molecular flexibility index (Phi) is 3.03. The first-order valence-electron chi connectivity index (χ1n) is 5.22. The van der Waals surface area contributed by atoms with Crippen LogP contribution < -0.4 is 0 Å². The Labute approximate surface area is 89.5 Å². The number of hydrogen-bond acceptors (Lipinski definition) is 4. The Balaban J connectivity index is 1.87. The molecule has 6 heteroatoms. The van der Waals surface area contributed by atoms with Crippen molar-refractivity contribution in [2.45, 2.75) is 31.5 Å². The number of rotatable bonds is 2. The fourth-order valence-corrected chi connectivity index (χ4v) is 3.30. The van der Waals surface area contributed by atoms with E-state index in [9.17, 15) is 8.42 Å². The number of hydrogen-bond donors (Lipinski definition) is 1. The first kappa shape index (κ1) is 11.3. The minimum absolute atomic E-state index is 0.0402. The Morgan fingerprint density at radius 2 is 1.73 bits per heavy atom. The monoisotopic (exact) mass is 236 g/mol. The summed E-state index contributed by atoms with van der Waals surface area (Å²) in [4.78, 5) is 0. The van der Waals surface area contributed by atoms with Crippen molar-refractivity contribution in [3.63, 3.8) is 0 Å². The average molecular weight is 236 g/mol. The van der Waals surface area contributed by atoms with Crippen molar-refractivity contribution in [2.75, 3.05) is 19.0 Å². The van der Waals surface area contributed by atoms with Gasteiger partial charge in [-0.2, -0.15) is 8.42 Å². The third kappa shape index (κ3) is 2.90. The van der Waals surface area contributed by atoms with Gasteiger partial charge in [-0.25, -0.2) is 0 Å². The Morgan fingerprint density at radius 1 is 1.20 bits per heavy atom. The molecule has 88 valence electrons. The molecular weight excluding hydrogens is 220 g/mol. The van der Waals surface area contributed by atoms with Gasteiger partial charge in [-0.15, -0.1) is 0 Å². The first-order chi connectivity index (χ1) is 6.99. The molecule has 2 aliphatic rings. The Morgan fingerprint density at radius 3 is 2.20 bits per heavy atom. The van der Waals surface area contributed by atoms with Crippen molar-refractivity contribution in [3.8, 4) is 0 Å². The van der Waals surface area contributed by atoms with Crippen molar-refractivity contribution >= 4 is 10.1 Å². The topological polar surface area (TPSA) is 72.8 Å². The van der Waals surface area contributed by atoms with Gasteiger partial charge in [0.2, 0.25) is 0 Å². The van der Waals surface area contributed by atoms with Crippen molar-refractivity contribution in [1.82, 2.24) is 0 Å². The molecule has 0 aromatic rings.